The summed E-state index contributed by atoms with van der Waals surface area (Å²) in [6.07, 6.45) is -1.04. The number of likely N-dealkylation sites (tertiary alicyclic amines) is 1. The van der Waals surface area contributed by atoms with Gasteiger partial charge < -0.3 is 15.5 Å². The van der Waals surface area contributed by atoms with E-state index in [1.807, 2.05) is 84.9 Å². The van der Waals surface area contributed by atoms with Crippen LogP contribution in [0.25, 0.3) is 22.3 Å². The largest absolute Gasteiger partial charge is 0.405 e. The molecule has 244 valence electrons. The zero-order valence-corrected chi connectivity index (χ0v) is 26.7. The summed E-state index contributed by atoms with van der Waals surface area (Å²) >= 11 is 6.27. The van der Waals surface area contributed by atoms with E-state index in [1.54, 1.807) is 12.1 Å². The number of rotatable bonds is 10. The molecule has 1 saturated heterocycles. The van der Waals surface area contributed by atoms with E-state index in [4.69, 9.17) is 11.6 Å². The monoisotopic (exact) mass is 659 g/mol. The van der Waals surface area contributed by atoms with E-state index >= 15 is 0 Å². The molecular formula is C38H37ClF3N3O2. The number of nitrogens with zero attached hydrogens (tertiary/aromatic N) is 1. The highest BCUT2D eigenvalue weighted by Gasteiger charge is 2.49. The first kappa shape index (κ1) is 32.8. The Labute approximate surface area is 278 Å². The van der Waals surface area contributed by atoms with Crippen molar-refractivity contribution in [3.05, 3.63) is 119 Å². The molecule has 0 unspecified atom stereocenters. The van der Waals surface area contributed by atoms with Crippen LogP contribution in [0.5, 0.6) is 0 Å². The van der Waals surface area contributed by atoms with E-state index < -0.39 is 24.0 Å². The highest BCUT2D eigenvalue weighted by atomic mass is 35.5. The van der Waals surface area contributed by atoms with E-state index in [1.165, 1.54) is 0 Å². The van der Waals surface area contributed by atoms with Gasteiger partial charge in [-0.15, -0.1) is 0 Å². The molecule has 0 spiro atoms. The second-order valence-electron chi connectivity index (χ2n) is 12.4. The second kappa shape index (κ2) is 13.9. The molecule has 1 aliphatic carbocycles. The fraction of sp³-hybridized carbons (Fsp3) is 0.316. The van der Waals surface area contributed by atoms with Crippen LogP contribution >= 0.6 is 11.6 Å². The third-order valence-corrected chi connectivity index (χ3v) is 9.65. The zero-order chi connectivity index (χ0) is 33.0. The lowest BCUT2D eigenvalue weighted by atomic mass is 9.73. The molecule has 0 saturated carbocycles. The fourth-order valence-electron chi connectivity index (χ4n) is 7.15. The lowest BCUT2D eigenvalue weighted by Crippen LogP contribution is -2.47. The maximum atomic E-state index is 13.7. The van der Waals surface area contributed by atoms with Crippen molar-refractivity contribution in [2.45, 2.75) is 49.7 Å². The van der Waals surface area contributed by atoms with Gasteiger partial charge in [0.2, 0.25) is 5.91 Å². The summed E-state index contributed by atoms with van der Waals surface area (Å²) in [5.74, 6) is -0.755. The lowest BCUT2D eigenvalue weighted by molar-refractivity contribution is -0.141. The number of halogens is 4. The minimum Gasteiger partial charge on any atom is -0.349 e. The molecule has 1 heterocycles. The van der Waals surface area contributed by atoms with E-state index in [9.17, 15) is 22.8 Å². The number of carbonyl (C=O) groups is 2. The summed E-state index contributed by atoms with van der Waals surface area (Å²) < 4.78 is 39.5. The molecule has 9 heteroatoms. The number of nitrogens with one attached hydrogen (secondary N) is 2. The Hall–Kier alpha value is -4.14. The number of carbonyl (C=O) groups excluding carboxylic acids is 2. The molecule has 2 amide bonds. The molecule has 0 radical (unpaired) electrons. The smallest absolute Gasteiger partial charge is 0.349 e. The molecule has 0 bridgehead atoms. The van der Waals surface area contributed by atoms with Gasteiger partial charge in [-0.1, -0.05) is 103 Å². The Morgan fingerprint density at radius 1 is 0.809 bits per heavy atom. The van der Waals surface area contributed by atoms with Gasteiger partial charge in [0.1, 0.15) is 12.0 Å². The van der Waals surface area contributed by atoms with Crippen molar-refractivity contribution < 1.29 is 22.8 Å². The normalized spacial score (nSPS) is 15.9. The van der Waals surface area contributed by atoms with E-state index in [-0.39, 0.29) is 11.9 Å². The molecule has 0 atom stereocenters. The van der Waals surface area contributed by atoms with Crippen LogP contribution < -0.4 is 10.6 Å². The van der Waals surface area contributed by atoms with Crippen LogP contribution in [0.15, 0.2) is 97.1 Å². The number of amides is 2. The highest BCUT2D eigenvalue weighted by molar-refractivity contribution is 6.31. The van der Waals surface area contributed by atoms with Crippen LogP contribution in [-0.4, -0.2) is 55.1 Å². The van der Waals surface area contributed by atoms with Gasteiger partial charge in [0.15, 0.2) is 0 Å². The predicted octanol–water partition coefficient (Wildman–Crippen LogP) is 8.02. The quantitative estimate of drug-likeness (QED) is 0.170. The standard InChI is InChI=1S/C38H37ClF3N3O2/c39-27-16-17-29(26-10-2-1-3-11-26)32(24-27)35(46)44-28-18-22-45(23-19-28)21-9-8-20-37(36(47)43-25-38(40,41)42)33-14-6-4-12-30(33)31-13-5-7-15-34(31)37/h1-7,10-17,24,28H,8-9,18-23,25H2,(H,43,47)(H,44,46). The van der Waals surface area contributed by atoms with E-state index in [0.29, 0.717) is 23.4 Å². The van der Waals surface area contributed by atoms with Crippen molar-refractivity contribution in [3.8, 4) is 22.3 Å². The van der Waals surface area contributed by atoms with Crippen LogP contribution in [0.1, 0.15) is 53.6 Å². The molecule has 4 aromatic rings. The van der Waals surface area contributed by atoms with Crippen LogP contribution in [0.3, 0.4) is 0 Å². The van der Waals surface area contributed by atoms with Crippen molar-refractivity contribution in [3.63, 3.8) is 0 Å². The summed E-state index contributed by atoms with van der Waals surface area (Å²) in [5, 5.41) is 5.92. The van der Waals surface area contributed by atoms with Crippen LogP contribution in [0.4, 0.5) is 13.2 Å². The molecule has 6 rings (SSSR count). The Bertz CT molecular complexity index is 1690. The number of alkyl halides is 3. The molecule has 2 aliphatic rings. The van der Waals surface area contributed by atoms with Crippen LogP contribution in [0, 0.1) is 0 Å². The van der Waals surface area contributed by atoms with Crippen molar-refractivity contribution >= 4 is 23.4 Å². The van der Waals surface area contributed by atoms with E-state index in [0.717, 1.165) is 72.3 Å². The Kier molecular flexibility index (Phi) is 9.71. The van der Waals surface area contributed by atoms with Crippen molar-refractivity contribution in [2.24, 2.45) is 0 Å². The number of hydrogen-bond donors (Lipinski definition) is 2. The minimum absolute atomic E-state index is 0.0356. The van der Waals surface area contributed by atoms with Crippen LogP contribution in [-0.2, 0) is 10.2 Å². The average molecular weight is 660 g/mol. The molecule has 5 nitrogen and oxygen atoms in total. The minimum atomic E-state index is -4.50. The third kappa shape index (κ3) is 7.09. The van der Waals surface area contributed by atoms with Crippen molar-refractivity contribution in [1.82, 2.24) is 15.5 Å². The lowest BCUT2D eigenvalue weighted by Gasteiger charge is -2.33. The van der Waals surface area contributed by atoms with Gasteiger partial charge in [0.05, 0.1) is 0 Å². The summed E-state index contributed by atoms with van der Waals surface area (Å²) in [7, 11) is 0. The van der Waals surface area contributed by atoms with Gasteiger partial charge in [0.25, 0.3) is 5.91 Å². The van der Waals surface area contributed by atoms with Crippen molar-refractivity contribution in [1.29, 1.82) is 0 Å². The van der Waals surface area contributed by atoms with Gasteiger partial charge in [-0.3, -0.25) is 9.59 Å². The van der Waals surface area contributed by atoms with Gasteiger partial charge in [-0.2, -0.15) is 13.2 Å². The maximum Gasteiger partial charge on any atom is 0.405 e. The summed E-state index contributed by atoms with van der Waals surface area (Å²) in [6, 6.07) is 30.3. The molecule has 0 aromatic heterocycles. The topological polar surface area (TPSA) is 61.4 Å². The average Bonchev–Trinajstić information content (AvgIpc) is 3.37. The first-order valence-corrected chi connectivity index (χ1v) is 16.5. The van der Waals surface area contributed by atoms with Crippen LogP contribution in [0.2, 0.25) is 5.02 Å². The SMILES string of the molecule is O=C(NC1CCN(CCCCC2(C(=O)NCC(F)(F)F)c3ccccc3-c3ccccc32)CC1)c1cc(Cl)ccc1-c1ccccc1. The van der Waals surface area contributed by atoms with Crippen molar-refractivity contribution in [2.75, 3.05) is 26.2 Å². The summed E-state index contributed by atoms with van der Waals surface area (Å²) in [5.41, 5.74) is 4.45. The van der Waals surface area contributed by atoms with Gasteiger partial charge in [-0.25, -0.2) is 0 Å². The molecule has 1 fully saturated rings. The number of hydrogen-bond acceptors (Lipinski definition) is 3. The number of fused-ring (bicyclic) bond motifs is 3. The first-order valence-electron chi connectivity index (χ1n) is 16.1. The summed E-state index contributed by atoms with van der Waals surface area (Å²) in [4.78, 5) is 29.4. The summed E-state index contributed by atoms with van der Waals surface area (Å²) in [6.45, 7) is 1.06. The number of benzene rings is 4. The van der Waals surface area contributed by atoms with Gasteiger partial charge in [0, 0.05) is 29.7 Å². The van der Waals surface area contributed by atoms with Gasteiger partial charge in [-0.05, 0) is 77.7 Å². The Morgan fingerprint density at radius 2 is 1.43 bits per heavy atom. The zero-order valence-electron chi connectivity index (χ0n) is 26.0. The Morgan fingerprint density at radius 3 is 2.06 bits per heavy atom. The van der Waals surface area contributed by atoms with Gasteiger partial charge >= 0.3 is 6.18 Å². The number of piperidine rings is 1. The maximum absolute atomic E-state index is 13.7. The molecule has 2 N–H and O–H groups in total. The molecule has 47 heavy (non-hydrogen) atoms. The number of unbranched alkanes of at least 4 members (excludes halogenated alkanes) is 1. The Balaban J connectivity index is 1.07. The fourth-order valence-corrected chi connectivity index (χ4v) is 7.32. The second-order valence-corrected chi connectivity index (χ2v) is 12.8. The third-order valence-electron chi connectivity index (χ3n) is 9.41. The predicted molar refractivity (Wildman–Crippen MR) is 179 cm³/mol. The molecule has 1 aliphatic heterocycles. The molecular weight excluding hydrogens is 623 g/mol. The highest BCUT2D eigenvalue weighted by Crippen LogP contribution is 2.51. The molecule has 4 aromatic carbocycles. The first-order chi connectivity index (χ1) is 22.7. The van der Waals surface area contributed by atoms with E-state index in [2.05, 4.69) is 15.5 Å².